The molecule has 5 nitrogen and oxygen atoms in total. The summed E-state index contributed by atoms with van der Waals surface area (Å²) in [6.07, 6.45) is 0. The Kier molecular flexibility index (Phi) is 6.61. The van der Waals surface area contributed by atoms with Crippen molar-refractivity contribution in [1.82, 2.24) is 5.32 Å². The zero-order valence-corrected chi connectivity index (χ0v) is 18.5. The molecule has 1 amide bonds. The summed E-state index contributed by atoms with van der Waals surface area (Å²) in [5, 5.41) is 15.4. The number of aliphatic hydroxyl groups is 1. The number of carbonyl (C=O) groups excluding carboxylic acids is 1. The lowest BCUT2D eigenvalue weighted by Gasteiger charge is -2.19. The van der Waals surface area contributed by atoms with Gasteiger partial charge in [0.25, 0.3) is 5.91 Å². The molecule has 0 fully saturated rings. The lowest BCUT2D eigenvalue weighted by atomic mass is 9.87. The molecule has 3 N–H and O–H groups in total. The summed E-state index contributed by atoms with van der Waals surface area (Å²) in [5.41, 5.74) is 2.96. The van der Waals surface area contributed by atoms with Gasteiger partial charge in [0, 0.05) is 11.1 Å². The molecule has 0 spiro atoms. The van der Waals surface area contributed by atoms with Crippen molar-refractivity contribution < 1.29 is 14.3 Å². The highest BCUT2D eigenvalue weighted by Crippen LogP contribution is 2.30. The standard InChI is InChI=1S/C23H23ClN2O3S/c1-23(2,3)16-7-4-14(5-8-16)21(28)26-22(30)25-19-12-15(6-10-18(19)24)20-11-9-17(13-27)29-20/h4-12,27H,13H2,1-3H3,(H2,25,26,28,30). The van der Waals surface area contributed by atoms with E-state index in [1.807, 2.05) is 12.1 Å². The highest BCUT2D eigenvalue weighted by atomic mass is 35.5. The number of aliphatic hydroxyl groups excluding tert-OH is 1. The van der Waals surface area contributed by atoms with Gasteiger partial charge in [-0.3, -0.25) is 10.1 Å². The summed E-state index contributed by atoms with van der Waals surface area (Å²) in [5.74, 6) is 0.751. The van der Waals surface area contributed by atoms with Crippen LogP contribution in [0.15, 0.2) is 59.0 Å². The number of amides is 1. The van der Waals surface area contributed by atoms with E-state index in [-0.39, 0.29) is 23.0 Å². The van der Waals surface area contributed by atoms with Crippen LogP contribution in [0.5, 0.6) is 0 Å². The molecule has 0 saturated carbocycles. The molecule has 0 aliphatic carbocycles. The molecule has 0 unspecified atom stereocenters. The maximum atomic E-state index is 12.5. The maximum Gasteiger partial charge on any atom is 0.257 e. The highest BCUT2D eigenvalue weighted by molar-refractivity contribution is 7.80. The van der Waals surface area contributed by atoms with Gasteiger partial charge in [0.15, 0.2) is 5.11 Å². The number of halogens is 1. The molecule has 7 heteroatoms. The Morgan fingerprint density at radius 3 is 2.40 bits per heavy atom. The summed E-state index contributed by atoms with van der Waals surface area (Å²) in [6, 6.07) is 16.2. The van der Waals surface area contributed by atoms with E-state index in [9.17, 15) is 4.79 Å². The van der Waals surface area contributed by atoms with Gasteiger partial charge in [-0.15, -0.1) is 0 Å². The Morgan fingerprint density at radius 2 is 1.80 bits per heavy atom. The molecule has 0 aliphatic rings. The van der Waals surface area contributed by atoms with Crippen LogP contribution in [-0.2, 0) is 12.0 Å². The predicted octanol–water partition coefficient (Wildman–Crippen LogP) is 5.52. The Morgan fingerprint density at radius 1 is 1.10 bits per heavy atom. The molecule has 30 heavy (non-hydrogen) atoms. The van der Waals surface area contributed by atoms with Crippen molar-refractivity contribution in [3.05, 3.63) is 76.5 Å². The number of carbonyl (C=O) groups is 1. The van der Waals surface area contributed by atoms with Crippen LogP contribution < -0.4 is 10.6 Å². The van der Waals surface area contributed by atoms with E-state index >= 15 is 0 Å². The van der Waals surface area contributed by atoms with Crippen molar-refractivity contribution in [2.24, 2.45) is 0 Å². The van der Waals surface area contributed by atoms with Gasteiger partial charge < -0.3 is 14.8 Å². The van der Waals surface area contributed by atoms with Crippen molar-refractivity contribution in [2.45, 2.75) is 32.8 Å². The number of anilines is 1. The fraction of sp³-hybridized carbons (Fsp3) is 0.217. The Hall–Kier alpha value is -2.67. The number of benzene rings is 2. The largest absolute Gasteiger partial charge is 0.459 e. The van der Waals surface area contributed by atoms with Crippen LogP contribution in [0.2, 0.25) is 5.02 Å². The number of thiocarbonyl (C=S) groups is 1. The number of hydrogen-bond donors (Lipinski definition) is 3. The average Bonchev–Trinajstić information content (AvgIpc) is 3.18. The summed E-state index contributed by atoms with van der Waals surface area (Å²) in [7, 11) is 0. The van der Waals surface area contributed by atoms with E-state index in [1.54, 1.807) is 42.5 Å². The second-order valence-corrected chi connectivity index (χ2v) is 8.67. The first-order valence-corrected chi connectivity index (χ1v) is 10.2. The average molecular weight is 443 g/mol. The van der Waals surface area contributed by atoms with Crippen LogP contribution >= 0.6 is 23.8 Å². The zero-order valence-electron chi connectivity index (χ0n) is 17.0. The quantitative estimate of drug-likeness (QED) is 0.464. The fourth-order valence-electron chi connectivity index (χ4n) is 2.84. The monoisotopic (exact) mass is 442 g/mol. The molecule has 0 atom stereocenters. The van der Waals surface area contributed by atoms with Gasteiger partial charge in [-0.05, 0) is 65.7 Å². The van der Waals surface area contributed by atoms with E-state index in [4.69, 9.17) is 33.3 Å². The molecule has 3 rings (SSSR count). The molecule has 2 aromatic carbocycles. The van der Waals surface area contributed by atoms with Gasteiger partial charge in [-0.1, -0.05) is 44.5 Å². The minimum absolute atomic E-state index is 0.0135. The van der Waals surface area contributed by atoms with Crippen LogP contribution in [0.4, 0.5) is 5.69 Å². The fourth-order valence-corrected chi connectivity index (χ4v) is 3.21. The third-order valence-corrected chi connectivity index (χ3v) is 5.09. The lowest BCUT2D eigenvalue weighted by Crippen LogP contribution is -2.34. The van der Waals surface area contributed by atoms with Gasteiger partial charge in [0.1, 0.15) is 18.1 Å². The third-order valence-electron chi connectivity index (χ3n) is 4.56. The Bertz CT molecular complexity index is 1070. The molecule has 0 aliphatic heterocycles. The highest BCUT2D eigenvalue weighted by Gasteiger charge is 2.15. The maximum absolute atomic E-state index is 12.5. The topological polar surface area (TPSA) is 74.5 Å². The first kappa shape index (κ1) is 22.0. The predicted molar refractivity (Wildman–Crippen MR) is 124 cm³/mol. The van der Waals surface area contributed by atoms with E-state index < -0.39 is 0 Å². The van der Waals surface area contributed by atoms with E-state index in [0.29, 0.717) is 27.8 Å². The van der Waals surface area contributed by atoms with E-state index in [1.165, 1.54) is 0 Å². The van der Waals surface area contributed by atoms with Gasteiger partial charge in [-0.2, -0.15) is 0 Å². The van der Waals surface area contributed by atoms with E-state index in [0.717, 1.165) is 11.1 Å². The molecule has 0 saturated heterocycles. The second-order valence-electron chi connectivity index (χ2n) is 7.85. The smallest absolute Gasteiger partial charge is 0.257 e. The van der Waals surface area contributed by atoms with Gasteiger partial charge >= 0.3 is 0 Å². The normalized spacial score (nSPS) is 11.2. The summed E-state index contributed by atoms with van der Waals surface area (Å²) in [6.45, 7) is 6.18. The number of nitrogens with one attached hydrogen (secondary N) is 2. The Balaban J connectivity index is 1.69. The van der Waals surface area contributed by atoms with Crippen LogP contribution in [0.1, 0.15) is 42.5 Å². The first-order chi connectivity index (χ1) is 14.2. The van der Waals surface area contributed by atoms with Crippen LogP contribution in [0.3, 0.4) is 0 Å². The van der Waals surface area contributed by atoms with Crippen molar-refractivity contribution in [3.8, 4) is 11.3 Å². The number of hydrogen-bond acceptors (Lipinski definition) is 4. The summed E-state index contributed by atoms with van der Waals surface area (Å²) >= 11 is 11.6. The van der Waals surface area contributed by atoms with E-state index in [2.05, 4.69) is 31.4 Å². The lowest BCUT2D eigenvalue weighted by molar-refractivity contribution is 0.0977. The number of rotatable bonds is 4. The molecule has 1 aromatic heterocycles. The van der Waals surface area contributed by atoms with Gasteiger partial charge in [-0.25, -0.2) is 0 Å². The van der Waals surface area contributed by atoms with Gasteiger partial charge in [0.2, 0.25) is 0 Å². The molecular formula is C23H23ClN2O3S. The van der Waals surface area contributed by atoms with Crippen LogP contribution in [0.25, 0.3) is 11.3 Å². The van der Waals surface area contributed by atoms with Crippen LogP contribution in [0, 0.1) is 0 Å². The minimum Gasteiger partial charge on any atom is -0.459 e. The minimum atomic E-state index is -0.307. The van der Waals surface area contributed by atoms with Crippen molar-refractivity contribution in [1.29, 1.82) is 0 Å². The van der Waals surface area contributed by atoms with Crippen molar-refractivity contribution >= 4 is 40.5 Å². The summed E-state index contributed by atoms with van der Waals surface area (Å²) < 4.78 is 5.55. The molecule has 3 aromatic rings. The van der Waals surface area contributed by atoms with Gasteiger partial charge in [0.05, 0.1) is 10.7 Å². The third kappa shape index (κ3) is 5.27. The molecule has 1 heterocycles. The number of furan rings is 1. The Labute approximate surface area is 186 Å². The molecule has 156 valence electrons. The molecule has 0 radical (unpaired) electrons. The van der Waals surface area contributed by atoms with Crippen molar-refractivity contribution in [2.75, 3.05) is 5.32 Å². The summed E-state index contributed by atoms with van der Waals surface area (Å²) in [4.78, 5) is 12.5. The zero-order chi connectivity index (χ0) is 21.9. The SMILES string of the molecule is CC(C)(C)c1ccc(C(=O)NC(=S)Nc2cc(-c3ccc(CO)o3)ccc2Cl)cc1. The van der Waals surface area contributed by atoms with Crippen molar-refractivity contribution in [3.63, 3.8) is 0 Å². The second kappa shape index (κ2) is 9.00. The van der Waals surface area contributed by atoms with Crippen LogP contribution in [-0.4, -0.2) is 16.1 Å². The first-order valence-electron chi connectivity index (χ1n) is 9.40. The molecular weight excluding hydrogens is 420 g/mol. The molecule has 0 bridgehead atoms.